The molecule has 0 aliphatic rings. The van der Waals surface area contributed by atoms with Crippen molar-refractivity contribution < 1.29 is 9.72 Å². The van der Waals surface area contributed by atoms with Crippen LogP contribution in [0.4, 0.5) is 5.69 Å². The number of aromatic nitrogens is 2. The summed E-state index contributed by atoms with van der Waals surface area (Å²) < 4.78 is 1.59. The van der Waals surface area contributed by atoms with Crippen LogP contribution < -0.4 is 5.43 Å². The fourth-order valence-electron chi connectivity index (χ4n) is 1.87. The zero-order valence-electron chi connectivity index (χ0n) is 12.2. The van der Waals surface area contributed by atoms with E-state index in [-0.39, 0.29) is 18.1 Å². The molecule has 1 aromatic heterocycles. The first-order chi connectivity index (χ1) is 10.5. The number of hydrogen-bond acceptors (Lipinski definition) is 5. The largest absolute Gasteiger partial charge is 0.271 e. The zero-order valence-corrected chi connectivity index (χ0v) is 12.2. The van der Waals surface area contributed by atoms with Crippen LogP contribution in [0, 0.1) is 24.0 Å². The minimum atomic E-state index is -0.475. The van der Waals surface area contributed by atoms with Gasteiger partial charge in [-0.3, -0.25) is 19.6 Å². The van der Waals surface area contributed by atoms with Crippen molar-refractivity contribution in [3.63, 3.8) is 0 Å². The molecule has 0 unspecified atom stereocenters. The van der Waals surface area contributed by atoms with Gasteiger partial charge in [0.2, 0.25) is 0 Å². The quantitative estimate of drug-likeness (QED) is 0.514. The summed E-state index contributed by atoms with van der Waals surface area (Å²) in [6.45, 7) is 3.80. The molecule has 8 nitrogen and oxygen atoms in total. The minimum absolute atomic E-state index is 0.00529. The van der Waals surface area contributed by atoms with Gasteiger partial charge in [0.15, 0.2) is 0 Å². The molecule has 2 aromatic rings. The van der Waals surface area contributed by atoms with Crippen LogP contribution in [0.25, 0.3) is 0 Å². The number of hydrogen-bond donors (Lipinski definition) is 1. The van der Waals surface area contributed by atoms with Crippen molar-refractivity contribution in [1.82, 2.24) is 15.2 Å². The van der Waals surface area contributed by atoms with Gasteiger partial charge in [0.05, 0.1) is 16.8 Å². The fraction of sp³-hybridized carbons (Fsp3) is 0.214. The number of benzene rings is 1. The Morgan fingerprint density at radius 2 is 2.09 bits per heavy atom. The lowest BCUT2D eigenvalue weighted by atomic mass is 10.2. The maximum absolute atomic E-state index is 11.7. The summed E-state index contributed by atoms with van der Waals surface area (Å²) in [5.74, 6) is -0.302. The van der Waals surface area contributed by atoms with Crippen LogP contribution in [0.15, 0.2) is 35.4 Å². The van der Waals surface area contributed by atoms with Crippen molar-refractivity contribution >= 4 is 17.8 Å². The third-order valence-corrected chi connectivity index (χ3v) is 2.90. The van der Waals surface area contributed by atoms with Crippen molar-refractivity contribution in [2.24, 2.45) is 5.10 Å². The summed E-state index contributed by atoms with van der Waals surface area (Å²) in [7, 11) is 0. The van der Waals surface area contributed by atoms with Crippen molar-refractivity contribution in [2.45, 2.75) is 20.4 Å². The Morgan fingerprint density at radius 3 is 2.64 bits per heavy atom. The van der Waals surface area contributed by atoms with Crippen LogP contribution in [-0.4, -0.2) is 26.8 Å². The van der Waals surface area contributed by atoms with Crippen LogP contribution in [0.3, 0.4) is 0 Å². The lowest BCUT2D eigenvalue weighted by Crippen LogP contribution is -2.24. The third kappa shape index (κ3) is 3.98. The predicted molar refractivity (Wildman–Crippen MR) is 80.5 cm³/mol. The molecular formula is C14H15N5O3. The Balaban J connectivity index is 1.90. The van der Waals surface area contributed by atoms with Gasteiger partial charge in [0.1, 0.15) is 6.54 Å². The Hall–Kier alpha value is -3.03. The van der Waals surface area contributed by atoms with E-state index in [0.29, 0.717) is 5.56 Å². The number of nitro groups is 1. The van der Waals surface area contributed by atoms with Gasteiger partial charge in [-0.15, -0.1) is 0 Å². The maximum atomic E-state index is 11.7. The lowest BCUT2D eigenvalue weighted by molar-refractivity contribution is -0.384. The number of nitrogens with one attached hydrogen (secondary N) is 1. The molecule has 0 spiro atoms. The molecule has 0 radical (unpaired) electrons. The molecule has 22 heavy (non-hydrogen) atoms. The van der Waals surface area contributed by atoms with Crippen LogP contribution in [0.2, 0.25) is 0 Å². The average molecular weight is 301 g/mol. The Labute approximate surface area is 126 Å². The highest BCUT2D eigenvalue weighted by Crippen LogP contribution is 2.10. The number of carbonyl (C=O) groups excluding carboxylic acids is 1. The smallest absolute Gasteiger partial charge is 0.269 e. The maximum Gasteiger partial charge on any atom is 0.269 e. The molecule has 0 saturated heterocycles. The first-order valence-corrected chi connectivity index (χ1v) is 6.53. The monoisotopic (exact) mass is 301 g/mol. The molecular weight excluding hydrogens is 286 g/mol. The van der Waals surface area contributed by atoms with Gasteiger partial charge in [-0.05, 0) is 37.6 Å². The number of carbonyl (C=O) groups is 1. The van der Waals surface area contributed by atoms with Crippen molar-refractivity contribution in [2.75, 3.05) is 0 Å². The summed E-state index contributed by atoms with van der Waals surface area (Å²) in [6.07, 6.45) is 1.42. The normalized spacial score (nSPS) is 10.8. The molecule has 1 N–H and O–H groups in total. The van der Waals surface area contributed by atoms with E-state index in [2.05, 4.69) is 15.6 Å². The van der Waals surface area contributed by atoms with E-state index in [1.54, 1.807) is 16.8 Å². The molecule has 1 heterocycles. The number of nitrogens with zero attached hydrogens (tertiary/aromatic N) is 4. The molecule has 0 aliphatic heterocycles. The molecule has 0 bridgehead atoms. The molecule has 1 aromatic carbocycles. The second-order valence-corrected chi connectivity index (χ2v) is 4.73. The van der Waals surface area contributed by atoms with Crippen molar-refractivity contribution in [1.29, 1.82) is 0 Å². The van der Waals surface area contributed by atoms with Gasteiger partial charge < -0.3 is 0 Å². The van der Waals surface area contributed by atoms with Crippen LogP contribution in [0.5, 0.6) is 0 Å². The van der Waals surface area contributed by atoms with E-state index in [1.165, 1.54) is 18.3 Å². The van der Waals surface area contributed by atoms with Gasteiger partial charge in [-0.25, -0.2) is 5.43 Å². The molecule has 0 saturated carbocycles. The highest BCUT2D eigenvalue weighted by molar-refractivity contribution is 5.82. The number of amides is 1. The Morgan fingerprint density at radius 1 is 1.41 bits per heavy atom. The predicted octanol–water partition coefficient (Wildman–Crippen LogP) is 1.56. The van der Waals surface area contributed by atoms with E-state index in [4.69, 9.17) is 0 Å². The number of non-ortho nitro benzene ring substituents is 1. The van der Waals surface area contributed by atoms with Crippen molar-refractivity contribution in [3.05, 3.63) is 57.4 Å². The average Bonchev–Trinajstić information content (AvgIpc) is 2.77. The second kappa shape index (κ2) is 6.61. The van der Waals surface area contributed by atoms with Gasteiger partial charge >= 0.3 is 0 Å². The fourth-order valence-corrected chi connectivity index (χ4v) is 1.87. The topological polar surface area (TPSA) is 102 Å². The van der Waals surface area contributed by atoms with Gasteiger partial charge in [0, 0.05) is 17.8 Å². The molecule has 1 amide bonds. The Bertz CT molecular complexity index is 719. The minimum Gasteiger partial charge on any atom is -0.271 e. The number of rotatable bonds is 5. The van der Waals surface area contributed by atoms with E-state index in [9.17, 15) is 14.9 Å². The first-order valence-electron chi connectivity index (χ1n) is 6.53. The van der Waals surface area contributed by atoms with Gasteiger partial charge in [-0.2, -0.15) is 10.2 Å². The zero-order chi connectivity index (χ0) is 16.1. The highest BCUT2D eigenvalue weighted by atomic mass is 16.6. The van der Waals surface area contributed by atoms with Crippen LogP contribution >= 0.6 is 0 Å². The van der Waals surface area contributed by atoms with Crippen LogP contribution in [0.1, 0.15) is 17.0 Å². The van der Waals surface area contributed by atoms with Crippen LogP contribution in [-0.2, 0) is 11.3 Å². The SMILES string of the molecule is Cc1cc(C)n(CC(=O)N/N=C\c2ccc([N+](=O)[O-])cc2)n1. The number of aryl methyl sites for hydroxylation is 2. The molecule has 0 fully saturated rings. The lowest BCUT2D eigenvalue weighted by Gasteiger charge is -2.02. The molecule has 2 rings (SSSR count). The van der Waals surface area contributed by atoms with E-state index < -0.39 is 4.92 Å². The number of nitro benzene ring substituents is 1. The molecule has 0 aliphatic carbocycles. The molecule has 114 valence electrons. The summed E-state index contributed by atoms with van der Waals surface area (Å²) in [5, 5.41) is 18.5. The van der Waals surface area contributed by atoms with E-state index in [0.717, 1.165) is 11.4 Å². The summed E-state index contributed by atoms with van der Waals surface area (Å²) in [4.78, 5) is 21.8. The first kappa shape index (κ1) is 15.4. The Kier molecular flexibility index (Phi) is 4.62. The van der Waals surface area contributed by atoms with E-state index in [1.807, 2.05) is 19.9 Å². The van der Waals surface area contributed by atoms with Gasteiger partial charge in [-0.1, -0.05) is 0 Å². The summed E-state index contributed by atoms with van der Waals surface area (Å²) in [6, 6.07) is 7.73. The standard InChI is InChI=1S/C14H15N5O3/c1-10-7-11(2)18(17-10)9-14(20)16-15-8-12-3-5-13(6-4-12)19(21)22/h3-8H,9H2,1-2H3,(H,16,20)/b15-8-. The van der Waals surface area contributed by atoms with Crippen molar-refractivity contribution in [3.8, 4) is 0 Å². The summed E-state index contributed by atoms with van der Waals surface area (Å²) in [5.41, 5.74) is 4.79. The number of hydrazone groups is 1. The third-order valence-electron chi connectivity index (χ3n) is 2.90. The molecule has 8 heteroatoms. The highest BCUT2D eigenvalue weighted by Gasteiger charge is 2.06. The van der Waals surface area contributed by atoms with Gasteiger partial charge in [0.25, 0.3) is 11.6 Å². The summed E-state index contributed by atoms with van der Waals surface area (Å²) >= 11 is 0. The second-order valence-electron chi connectivity index (χ2n) is 4.73. The molecule has 0 atom stereocenters. The van der Waals surface area contributed by atoms with E-state index >= 15 is 0 Å².